The van der Waals surface area contributed by atoms with Crippen LogP contribution in [0.25, 0.3) is 5.65 Å². The molecule has 144 valence electrons. The van der Waals surface area contributed by atoms with Crippen LogP contribution in [0.5, 0.6) is 0 Å². The SMILES string of the molecule is O=C(CCN=C1NS(=O)(=O)c2ccccc21)NCc1cn2cc(Cl)ccc2n1. The molecule has 0 saturated carbocycles. The topological polar surface area (TPSA) is 105 Å². The maximum Gasteiger partial charge on any atom is 0.263 e. The summed E-state index contributed by atoms with van der Waals surface area (Å²) in [7, 11) is -3.57. The molecule has 0 unspecified atom stereocenters. The van der Waals surface area contributed by atoms with E-state index in [2.05, 4.69) is 20.0 Å². The number of aromatic nitrogens is 2. The first-order valence-electron chi connectivity index (χ1n) is 8.49. The molecule has 0 spiro atoms. The summed E-state index contributed by atoms with van der Waals surface area (Å²) >= 11 is 5.94. The number of rotatable bonds is 5. The number of amides is 1. The number of sulfonamides is 1. The maximum atomic E-state index is 12.1. The Labute approximate surface area is 166 Å². The van der Waals surface area contributed by atoms with Gasteiger partial charge in [0, 0.05) is 24.4 Å². The smallest absolute Gasteiger partial charge is 0.263 e. The van der Waals surface area contributed by atoms with Crippen molar-refractivity contribution in [1.29, 1.82) is 0 Å². The van der Waals surface area contributed by atoms with E-state index < -0.39 is 10.0 Å². The number of carbonyl (C=O) groups excluding carboxylic acids is 1. The van der Waals surface area contributed by atoms with Crippen molar-refractivity contribution in [3.8, 4) is 0 Å². The second-order valence-corrected chi connectivity index (χ2v) is 8.29. The normalized spacial score (nSPS) is 16.1. The minimum absolute atomic E-state index is 0.132. The van der Waals surface area contributed by atoms with Gasteiger partial charge in [-0.15, -0.1) is 0 Å². The van der Waals surface area contributed by atoms with E-state index in [-0.39, 0.29) is 36.1 Å². The monoisotopic (exact) mass is 417 g/mol. The van der Waals surface area contributed by atoms with Gasteiger partial charge in [0.1, 0.15) is 11.5 Å². The molecule has 2 N–H and O–H groups in total. The Bertz CT molecular complexity index is 1200. The Morgan fingerprint density at radius 2 is 2.04 bits per heavy atom. The fourth-order valence-electron chi connectivity index (χ4n) is 2.90. The molecule has 28 heavy (non-hydrogen) atoms. The lowest BCUT2D eigenvalue weighted by Crippen LogP contribution is -2.25. The summed E-state index contributed by atoms with van der Waals surface area (Å²) in [6.45, 7) is 0.447. The molecular formula is C18H16ClN5O3S. The molecular weight excluding hydrogens is 402 g/mol. The van der Waals surface area contributed by atoms with Gasteiger partial charge in [0.2, 0.25) is 5.91 Å². The average Bonchev–Trinajstić information content (AvgIpc) is 3.18. The van der Waals surface area contributed by atoms with Gasteiger partial charge in [-0.05, 0) is 24.3 Å². The minimum atomic E-state index is -3.57. The third-order valence-corrected chi connectivity index (χ3v) is 5.82. The van der Waals surface area contributed by atoms with E-state index in [4.69, 9.17) is 11.6 Å². The van der Waals surface area contributed by atoms with Gasteiger partial charge in [0.15, 0.2) is 0 Å². The Hall–Kier alpha value is -2.91. The first-order chi connectivity index (χ1) is 13.4. The lowest BCUT2D eigenvalue weighted by atomic mass is 10.2. The van der Waals surface area contributed by atoms with Crippen molar-refractivity contribution in [2.24, 2.45) is 4.99 Å². The van der Waals surface area contributed by atoms with Crippen LogP contribution in [0.4, 0.5) is 0 Å². The van der Waals surface area contributed by atoms with E-state index in [1.807, 2.05) is 0 Å². The number of nitrogens with one attached hydrogen (secondary N) is 2. The van der Waals surface area contributed by atoms with Crippen molar-refractivity contribution in [3.05, 3.63) is 65.1 Å². The average molecular weight is 418 g/mol. The highest BCUT2D eigenvalue weighted by Crippen LogP contribution is 2.22. The van der Waals surface area contributed by atoms with Gasteiger partial charge in [0.25, 0.3) is 10.0 Å². The van der Waals surface area contributed by atoms with Crippen molar-refractivity contribution in [3.63, 3.8) is 0 Å². The third kappa shape index (κ3) is 3.71. The molecule has 0 aliphatic carbocycles. The van der Waals surface area contributed by atoms with Crippen molar-refractivity contribution < 1.29 is 13.2 Å². The number of pyridine rings is 1. The predicted octanol–water partition coefficient (Wildman–Crippen LogP) is 1.73. The molecule has 4 rings (SSSR count). The number of hydrogen-bond donors (Lipinski definition) is 2. The molecule has 1 aliphatic rings. The zero-order valence-electron chi connectivity index (χ0n) is 14.6. The van der Waals surface area contributed by atoms with Gasteiger partial charge in [-0.2, -0.15) is 0 Å². The second-order valence-electron chi connectivity index (χ2n) is 6.20. The summed E-state index contributed by atoms with van der Waals surface area (Å²) in [5.41, 5.74) is 1.97. The lowest BCUT2D eigenvalue weighted by Gasteiger charge is -2.02. The molecule has 8 nitrogen and oxygen atoms in total. The van der Waals surface area contributed by atoms with Crippen LogP contribution in [0.3, 0.4) is 0 Å². The number of aliphatic imine (C=N–C) groups is 1. The van der Waals surface area contributed by atoms with Gasteiger partial charge in [-0.3, -0.25) is 14.5 Å². The van der Waals surface area contributed by atoms with Crippen LogP contribution in [0.15, 0.2) is 58.7 Å². The highest BCUT2D eigenvalue weighted by Gasteiger charge is 2.29. The Morgan fingerprint density at radius 1 is 1.21 bits per heavy atom. The molecule has 0 bridgehead atoms. The zero-order chi connectivity index (χ0) is 19.7. The molecule has 10 heteroatoms. The van der Waals surface area contributed by atoms with Crippen LogP contribution in [0, 0.1) is 0 Å². The van der Waals surface area contributed by atoms with Crippen molar-refractivity contribution in [2.75, 3.05) is 6.54 Å². The minimum Gasteiger partial charge on any atom is -0.350 e. The van der Waals surface area contributed by atoms with E-state index >= 15 is 0 Å². The summed E-state index contributed by atoms with van der Waals surface area (Å²) in [4.78, 5) is 20.9. The van der Waals surface area contributed by atoms with E-state index in [1.54, 1.807) is 47.1 Å². The predicted molar refractivity (Wildman–Crippen MR) is 105 cm³/mol. The Balaban J connectivity index is 1.34. The molecule has 1 aliphatic heterocycles. The maximum absolute atomic E-state index is 12.1. The molecule has 2 aromatic heterocycles. The van der Waals surface area contributed by atoms with Crippen molar-refractivity contribution in [2.45, 2.75) is 17.9 Å². The fraction of sp³-hybridized carbons (Fsp3) is 0.167. The molecule has 1 aromatic carbocycles. The number of nitrogens with zero attached hydrogens (tertiary/aromatic N) is 3. The van der Waals surface area contributed by atoms with Crippen LogP contribution in [-0.2, 0) is 21.4 Å². The Kier molecular flexibility index (Phi) is 4.78. The Morgan fingerprint density at radius 3 is 2.89 bits per heavy atom. The number of fused-ring (bicyclic) bond motifs is 2. The fourth-order valence-corrected chi connectivity index (χ4v) is 4.32. The molecule has 0 fully saturated rings. The first kappa shape index (κ1) is 18.5. The highest BCUT2D eigenvalue weighted by atomic mass is 35.5. The summed E-state index contributed by atoms with van der Waals surface area (Å²) in [6, 6.07) is 10.1. The lowest BCUT2D eigenvalue weighted by molar-refractivity contribution is -0.121. The number of amidine groups is 1. The van der Waals surface area contributed by atoms with Gasteiger partial charge in [-0.1, -0.05) is 23.7 Å². The second kappa shape index (κ2) is 7.25. The standard InChI is InChI=1S/C18H16ClN5O3S/c19-12-5-6-16-22-13(11-24(16)10-12)9-21-17(25)7-8-20-18-14-3-1-2-4-15(14)28(26,27)23-18/h1-6,10-11H,7-9H2,(H,20,23)(H,21,25). The summed E-state index contributed by atoms with van der Waals surface area (Å²) in [5, 5.41) is 3.38. The molecule has 1 amide bonds. The largest absolute Gasteiger partial charge is 0.350 e. The van der Waals surface area contributed by atoms with Gasteiger partial charge in [0.05, 0.1) is 28.7 Å². The number of halogens is 1. The van der Waals surface area contributed by atoms with Crippen molar-refractivity contribution >= 4 is 39.0 Å². The number of imidazole rings is 1. The molecule has 0 saturated heterocycles. The summed E-state index contributed by atoms with van der Waals surface area (Å²) in [5.74, 6) is 0.0641. The van der Waals surface area contributed by atoms with Crippen LogP contribution in [-0.4, -0.2) is 36.1 Å². The van der Waals surface area contributed by atoms with E-state index in [1.165, 1.54) is 6.07 Å². The molecule has 3 aromatic rings. The van der Waals surface area contributed by atoms with E-state index in [9.17, 15) is 13.2 Å². The third-order valence-electron chi connectivity index (χ3n) is 4.20. The van der Waals surface area contributed by atoms with Crippen LogP contribution in [0.2, 0.25) is 5.02 Å². The molecule has 0 atom stereocenters. The van der Waals surface area contributed by atoms with Crippen LogP contribution >= 0.6 is 11.6 Å². The van der Waals surface area contributed by atoms with Crippen LogP contribution in [0.1, 0.15) is 17.7 Å². The highest BCUT2D eigenvalue weighted by molar-refractivity contribution is 7.90. The zero-order valence-corrected chi connectivity index (χ0v) is 16.2. The summed E-state index contributed by atoms with van der Waals surface area (Å²) in [6.07, 6.45) is 3.67. The van der Waals surface area contributed by atoms with Gasteiger partial charge >= 0.3 is 0 Å². The molecule has 3 heterocycles. The van der Waals surface area contributed by atoms with E-state index in [0.29, 0.717) is 16.3 Å². The number of carbonyl (C=O) groups is 1. The van der Waals surface area contributed by atoms with E-state index in [0.717, 1.165) is 5.65 Å². The number of benzene rings is 1. The molecule has 0 radical (unpaired) electrons. The van der Waals surface area contributed by atoms with Crippen LogP contribution < -0.4 is 10.0 Å². The quantitative estimate of drug-likeness (QED) is 0.659. The van der Waals surface area contributed by atoms with Crippen molar-refractivity contribution in [1.82, 2.24) is 19.4 Å². The first-order valence-corrected chi connectivity index (χ1v) is 10.3. The summed E-state index contributed by atoms with van der Waals surface area (Å²) < 4.78 is 28.3. The van der Waals surface area contributed by atoms with Gasteiger partial charge < -0.3 is 9.72 Å². The van der Waals surface area contributed by atoms with Gasteiger partial charge in [-0.25, -0.2) is 13.4 Å². The number of hydrogen-bond acceptors (Lipinski definition) is 5.